The standard InChI is InChI=1S/C25H21N5O/c1-18(31)30-24(15-23(27-30)20-11-8-14-26-16-20)22-17-29(21-12-6-3-7-13-21)28-25(22)19-9-4-2-5-10-19/h2-14,16-17,24H,15H2,1H3. The Morgan fingerprint density at radius 2 is 1.65 bits per heavy atom. The van der Waals surface area contributed by atoms with Gasteiger partial charge in [-0.3, -0.25) is 9.78 Å². The molecule has 6 nitrogen and oxygen atoms in total. The van der Waals surface area contributed by atoms with Crippen molar-refractivity contribution in [2.45, 2.75) is 19.4 Å². The summed E-state index contributed by atoms with van der Waals surface area (Å²) in [4.78, 5) is 16.7. The molecule has 152 valence electrons. The number of hydrogen-bond acceptors (Lipinski definition) is 4. The summed E-state index contributed by atoms with van der Waals surface area (Å²) < 4.78 is 1.87. The lowest BCUT2D eigenvalue weighted by molar-refractivity contribution is -0.130. The fraction of sp³-hybridized carbons (Fsp3) is 0.120. The second-order valence-electron chi connectivity index (χ2n) is 7.45. The number of aromatic nitrogens is 3. The van der Waals surface area contributed by atoms with E-state index in [-0.39, 0.29) is 11.9 Å². The zero-order chi connectivity index (χ0) is 21.2. The normalized spacial score (nSPS) is 15.7. The summed E-state index contributed by atoms with van der Waals surface area (Å²) in [6.45, 7) is 1.55. The highest BCUT2D eigenvalue weighted by atomic mass is 16.2. The summed E-state index contributed by atoms with van der Waals surface area (Å²) in [6.07, 6.45) is 6.13. The van der Waals surface area contributed by atoms with E-state index in [2.05, 4.69) is 10.1 Å². The monoisotopic (exact) mass is 407 g/mol. The number of carbonyl (C=O) groups is 1. The van der Waals surface area contributed by atoms with E-state index in [9.17, 15) is 4.79 Å². The number of carbonyl (C=O) groups excluding carboxylic acids is 1. The number of hydrazone groups is 1. The van der Waals surface area contributed by atoms with Gasteiger partial charge >= 0.3 is 0 Å². The van der Waals surface area contributed by atoms with Gasteiger partial charge in [-0.1, -0.05) is 54.6 Å². The molecular weight excluding hydrogens is 386 g/mol. The van der Waals surface area contributed by atoms with Gasteiger partial charge < -0.3 is 0 Å². The van der Waals surface area contributed by atoms with Gasteiger partial charge in [0.25, 0.3) is 0 Å². The van der Waals surface area contributed by atoms with Crippen molar-refractivity contribution < 1.29 is 4.79 Å². The van der Waals surface area contributed by atoms with Crippen LogP contribution < -0.4 is 0 Å². The summed E-state index contributed by atoms with van der Waals surface area (Å²) in [6, 6.07) is 23.7. The van der Waals surface area contributed by atoms with Crippen LogP contribution in [0.25, 0.3) is 16.9 Å². The van der Waals surface area contributed by atoms with E-state index in [4.69, 9.17) is 5.10 Å². The van der Waals surface area contributed by atoms with Crippen LogP contribution in [-0.4, -0.2) is 31.4 Å². The minimum absolute atomic E-state index is 0.102. The molecule has 2 aromatic carbocycles. The van der Waals surface area contributed by atoms with Crippen molar-refractivity contribution in [3.05, 3.63) is 103 Å². The minimum atomic E-state index is -0.236. The van der Waals surface area contributed by atoms with Gasteiger partial charge in [0.1, 0.15) is 0 Å². The van der Waals surface area contributed by atoms with Crippen molar-refractivity contribution in [2.75, 3.05) is 0 Å². The van der Waals surface area contributed by atoms with Gasteiger partial charge in [0.2, 0.25) is 5.91 Å². The first kappa shape index (κ1) is 18.9. The number of benzene rings is 2. The molecule has 1 unspecified atom stereocenters. The van der Waals surface area contributed by atoms with Crippen LogP contribution in [0.15, 0.2) is 96.5 Å². The lowest BCUT2D eigenvalue weighted by Gasteiger charge is -2.20. The predicted octanol–water partition coefficient (Wildman–Crippen LogP) is 4.63. The molecule has 0 aliphatic carbocycles. The lowest BCUT2D eigenvalue weighted by atomic mass is 9.97. The maximum absolute atomic E-state index is 12.5. The van der Waals surface area contributed by atoms with Crippen molar-refractivity contribution in [2.24, 2.45) is 5.10 Å². The van der Waals surface area contributed by atoms with Crippen LogP contribution in [0.1, 0.15) is 30.5 Å². The average Bonchev–Trinajstić information content (AvgIpc) is 3.46. The first-order valence-electron chi connectivity index (χ1n) is 10.2. The summed E-state index contributed by atoms with van der Waals surface area (Å²) >= 11 is 0. The highest BCUT2D eigenvalue weighted by molar-refractivity contribution is 6.03. The number of amides is 1. The maximum Gasteiger partial charge on any atom is 0.240 e. The number of nitrogens with zero attached hydrogens (tertiary/aromatic N) is 5. The lowest BCUT2D eigenvalue weighted by Crippen LogP contribution is -2.24. The third-order valence-electron chi connectivity index (χ3n) is 5.40. The SMILES string of the molecule is CC(=O)N1N=C(c2cccnc2)CC1c1cn(-c2ccccc2)nc1-c1ccccc1. The van der Waals surface area contributed by atoms with Crippen LogP contribution in [0.3, 0.4) is 0 Å². The fourth-order valence-corrected chi connectivity index (χ4v) is 3.92. The Kier molecular flexibility index (Phi) is 4.88. The Labute approximate surface area is 180 Å². The summed E-state index contributed by atoms with van der Waals surface area (Å²) in [5.41, 5.74) is 5.56. The molecule has 0 fully saturated rings. The first-order valence-corrected chi connectivity index (χ1v) is 10.2. The molecule has 2 aromatic heterocycles. The van der Waals surface area contributed by atoms with Crippen LogP contribution in [0.4, 0.5) is 0 Å². The van der Waals surface area contributed by atoms with Crippen LogP contribution >= 0.6 is 0 Å². The number of rotatable bonds is 4. The van der Waals surface area contributed by atoms with Crippen molar-refractivity contribution in [1.82, 2.24) is 19.8 Å². The molecule has 31 heavy (non-hydrogen) atoms. The second-order valence-corrected chi connectivity index (χ2v) is 7.45. The summed E-state index contributed by atoms with van der Waals surface area (Å²) in [5, 5.41) is 11.1. The first-order chi connectivity index (χ1) is 15.2. The average molecular weight is 407 g/mol. The molecule has 1 amide bonds. The Morgan fingerprint density at radius 3 is 2.32 bits per heavy atom. The van der Waals surface area contributed by atoms with E-state index in [0.29, 0.717) is 6.42 Å². The van der Waals surface area contributed by atoms with E-state index in [1.165, 1.54) is 0 Å². The van der Waals surface area contributed by atoms with Crippen LogP contribution in [0.2, 0.25) is 0 Å². The van der Waals surface area contributed by atoms with Crippen molar-refractivity contribution >= 4 is 11.6 Å². The number of hydrogen-bond donors (Lipinski definition) is 0. The van der Waals surface area contributed by atoms with E-state index in [1.807, 2.05) is 83.7 Å². The maximum atomic E-state index is 12.5. The Hall–Kier alpha value is -4.06. The van der Waals surface area contributed by atoms with Gasteiger partial charge in [-0.15, -0.1) is 0 Å². The molecule has 0 saturated carbocycles. The third-order valence-corrected chi connectivity index (χ3v) is 5.40. The zero-order valence-electron chi connectivity index (χ0n) is 17.1. The Morgan fingerprint density at radius 1 is 0.935 bits per heavy atom. The second kappa shape index (κ2) is 7.99. The molecule has 3 heterocycles. The predicted molar refractivity (Wildman–Crippen MR) is 120 cm³/mol. The zero-order valence-corrected chi connectivity index (χ0v) is 17.1. The fourth-order valence-electron chi connectivity index (χ4n) is 3.92. The third kappa shape index (κ3) is 3.64. The number of pyridine rings is 1. The molecule has 1 aliphatic rings. The molecule has 1 atom stereocenters. The van der Waals surface area contributed by atoms with E-state index < -0.39 is 0 Å². The largest absolute Gasteiger partial charge is 0.273 e. The summed E-state index contributed by atoms with van der Waals surface area (Å²) in [7, 11) is 0. The molecule has 0 spiro atoms. The van der Waals surface area contributed by atoms with Gasteiger partial charge in [-0.2, -0.15) is 10.2 Å². The summed E-state index contributed by atoms with van der Waals surface area (Å²) in [5.74, 6) is -0.102. The Bertz CT molecular complexity index is 1230. The quantitative estimate of drug-likeness (QED) is 0.495. The van der Waals surface area contributed by atoms with Gasteiger partial charge in [0.15, 0.2) is 0 Å². The van der Waals surface area contributed by atoms with Crippen LogP contribution in [0, 0.1) is 0 Å². The molecule has 5 rings (SSSR count). The van der Waals surface area contributed by atoms with Crippen molar-refractivity contribution in [3.63, 3.8) is 0 Å². The molecule has 0 bridgehead atoms. The van der Waals surface area contributed by atoms with E-state index in [0.717, 1.165) is 33.8 Å². The van der Waals surface area contributed by atoms with E-state index in [1.54, 1.807) is 24.3 Å². The smallest absolute Gasteiger partial charge is 0.240 e. The molecule has 0 saturated heterocycles. The van der Waals surface area contributed by atoms with Gasteiger partial charge in [-0.05, 0) is 18.2 Å². The minimum Gasteiger partial charge on any atom is -0.273 e. The molecular formula is C25H21N5O. The van der Waals surface area contributed by atoms with Gasteiger partial charge in [-0.25, -0.2) is 9.69 Å². The molecule has 4 aromatic rings. The van der Waals surface area contributed by atoms with Crippen molar-refractivity contribution in [3.8, 4) is 16.9 Å². The molecule has 0 radical (unpaired) electrons. The van der Waals surface area contributed by atoms with Crippen LogP contribution in [0.5, 0.6) is 0 Å². The van der Waals surface area contributed by atoms with E-state index >= 15 is 0 Å². The van der Waals surface area contributed by atoms with Crippen molar-refractivity contribution in [1.29, 1.82) is 0 Å². The Balaban J connectivity index is 1.62. The highest BCUT2D eigenvalue weighted by Crippen LogP contribution is 2.38. The molecule has 0 N–H and O–H groups in total. The molecule has 6 heteroatoms. The van der Waals surface area contributed by atoms with Crippen LogP contribution in [-0.2, 0) is 4.79 Å². The van der Waals surface area contributed by atoms with Gasteiger partial charge in [0.05, 0.1) is 23.1 Å². The molecule has 1 aliphatic heterocycles. The highest BCUT2D eigenvalue weighted by Gasteiger charge is 2.34. The topological polar surface area (TPSA) is 63.4 Å². The number of para-hydroxylation sites is 1. The van der Waals surface area contributed by atoms with Gasteiger partial charge in [0, 0.05) is 48.6 Å².